The molecule has 126 valence electrons. The fourth-order valence-electron chi connectivity index (χ4n) is 3.57. The summed E-state index contributed by atoms with van der Waals surface area (Å²) in [5.41, 5.74) is 9.69. The summed E-state index contributed by atoms with van der Waals surface area (Å²) in [6.45, 7) is 0.790. The van der Waals surface area contributed by atoms with Crippen LogP contribution >= 0.6 is 0 Å². The smallest absolute Gasteiger partial charge is 0.152 e. The number of nitrogens with one attached hydrogen (secondary N) is 1. The number of ether oxygens (including phenoxy) is 1. The first-order chi connectivity index (χ1) is 12.3. The number of fused-ring (bicyclic) bond motifs is 3. The number of pyridine rings is 1. The van der Waals surface area contributed by atoms with E-state index in [0.29, 0.717) is 11.3 Å². The van der Waals surface area contributed by atoms with Crippen molar-refractivity contribution in [2.24, 2.45) is 0 Å². The number of hydrogen-bond donors (Lipinski definition) is 2. The minimum Gasteiger partial charge on any atom is -0.382 e. The summed E-state index contributed by atoms with van der Waals surface area (Å²) in [6.07, 6.45) is 6.95. The third-order valence-corrected chi connectivity index (χ3v) is 4.81. The maximum absolute atomic E-state index is 6.05. The molecule has 7 nitrogen and oxygen atoms in total. The van der Waals surface area contributed by atoms with E-state index in [1.807, 2.05) is 23.1 Å². The predicted octanol–water partition coefficient (Wildman–Crippen LogP) is 3.26. The van der Waals surface area contributed by atoms with Crippen molar-refractivity contribution in [3.63, 3.8) is 0 Å². The minimum absolute atomic E-state index is 0.00355. The molecule has 1 fully saturated rings. The Morgan fingerprint density at radius 3 is 3.04 bits per heavy atom. The van der Waals surface area contributed by atoms with Gasteiger partial charge < -0.3 is 10.5 Å². The number of nitrogens with two attached hydrogens (primary N) is 1. The van der Waals surface area contributed by atoms with Gasteiger partial charge in [0, 0.05) is 35.3 Å². The number of aromatic nitrogens is 5. The van der Waals surface area contributed by atoms with Gasteiger partial charge in [-0.15, -0.1) is 0 Å². The second kappa shape index (κ2) is 5.56. The lowest BCUT2D eigenvalue weighted by atomic mass is 10.1. The van der Waals surface area contributed by atoms with Crippen LogP contribution in [0.25, 0.3) is 33.1 Å². The second-order valence-electron chi connectivity index (χ2n) is 6.36. The van der Waals surface area contributed by atoms with Crippen LogP contribution in [0.2, 0.25) is 0 Å². The molecule has 0 saturated carbocycles. The van der Waals surface area contributed by atoms with Crippen LogP contribution in [0.4, 0.5) is 5.82 Å². The van der Waals surface area contributed by atoms with E-state index in [-0.39, 0.29) is 6.23 Å². The van der Waals surface area contributed by atoms with Gasteiger partial charge in [-0.05, 0) is 31.4 Å². The summed E-state index contributed by atoms with van der Waals surface area (Å²) < 4.78 is 7.86. The SMILES string of the molecule is Nc1nc2cc(-c3ccnn3C3CCCCO3)ccc2c2c[nH]nc12. The van der Waals surface area contributed by atoms with Crippen molar-refractivity contribution in [2.75, 3.05) is 12.3 Å². The number of nitrogens with zero attached hydrogens (tertiary/aromatic N) is 4. The number of anilines is 1. The normalized spacial score (nSPS) is 18.2. The number of rotatable bonds is 2. The number of H-pyrrole nitrogens is 1. The van der Waals surface area contributed by atoms with Crippen LogP contribution in [0.3, 0.4) is 0 Å². The zero-order chi connectivity index (χ0) is 16.8. The van der Waals surface area contributed by atoms with Crippen LogP contribution in [0.5, 0.6) is 0 Å². The Balaban J connectivity index is 1.64. The number of nitrogen functional groups attached to an aromatic ring is 1. The largest absolute Gasteiger partial charge is 0.382 e. The zero-order valence-electron chi connectivity index (χ0n) is 13.6. The lowest BCUT2D eigenvalue weighted by Crippen LogP contribution is -2.19. The molecule has 0 spiro atoms. The monoisotopic (exact) mass is 334 g/mol. The Labute approximate surface area is 143 Å². The van der Waals surface area contributed by atoms with Gasteiger partial charge in [0.05, 0.1) is 11.2 Å². The predicted molar refractivity (Wildman–Crippen MR) is 95.9 cm³/mol. The van der Waals surface area contributed by atoms with Crippen molar-refractivity contribution in [1.82, 2.24) is 25.0 Å². The van der Waals surface area contributed by atoms with Crippen LogP contribution in [0, 0.1) is 0 Å². The summed E-state index contributed by atoms with van der Waals surface area (Å²) in [5, 5.41) is 13.5. The summed E-state index contributed by atoms with van der Waals surface area (Å²) in [4.78, 5) is 4.52. The highest BCUT2D eigenvalue weighted by atomic mass is 16.5. The van der Waals surface area contributed by atoms with Gasteiger partial charge >= 0.3 is 0 Å². The van der Waals surface area contributed by atoms with E-state index < -0.39 is 0 Å². The molecule has 1 aromatic carbocycles. The van der Waals surface area contributed by atoms with Crippen molar-refractivity contribution in [3.8, 4) is 11.3 Å². The van der Waals surface area contributed by atoms with Gasteiger partial charge in [0.15, 0.2) is 12.0 Å². The first-order valence-electron chi connectivity index (χ1n) is 8.49. The van der Waals surface area contributed by atoms with E-state index >= 15 is 0 Å². The molecule has 1 aliphatic rings. The summed E-state index contributed by atoms with van der Waals surface area (Å²) in [5.74, 6) is 0.435. The van der Waals surface area contributed by atoms with Gasteiger partial charge in [-0.1, -0.05) is 12.1 Å². The first-order valence-corrected chi connectivity index (χ1v) is 8.49. The molecule has 1 atom stereocenters. The summed E-state index contributed by atoms with van der Waals surface area (Å²) in [7, 11) is 0. The fourth-order valence-corrected chi connectivity index (χ4v) is 3.57. The van der Waals surface area contributed by atoms with E-state index in [2.05, 4.69) is 38.5 Å². The molecule has 0 amide bonds. The van der Waals surface area contributed by atoms with E-state index in [9.17, 15) is 0 Å². The third kappa shape index (κ3) is 2.27. The molecule has 3 aromatic heterocycles. The van der Waals surface area contributed by atoms with Crippen LogP contribution in [-0.2, 0) is 4.74 Å². The molecular weight excluding hydrogens is 316 g/mol. The van der Waals surface area contributed by atoms with Gasteiger partial charge in [0.25, 0.3) is 0 Å². The van der Waals surface area contributed by atoms with Crippen LogP contribution in [0.1, 0.15) is 25.5 Å². The lowest BCUT2D eigenvalue weighted by molar-refractivity contribution is -0.0383. The van der Waals surface area contributed by atoms with Gasteiger partial charge in [-0.3, -0.25) is 5.10 Å². The van der Waals surface area contributed by atoms with Gasteiger partial charge in [-0.25, -0.2) is 9.67 Å². The Hall–Kier alpha value is -2.93. The van der Waals surface area contributed by atoms with Gasteiger partial charge in [0.2, 0.25) is 0 Å². The molecule has 3 N–H and O–H groups in total. The Morgan fingerprint density at radius 2 is 2.16 bits per heavy atom. The highest BCUT2D eigenvalue weighted by Crippen LogP contribution is 2.32. The Bertz CT molecular complexity index is 1060. The van der Waals surface area contributed by atoms with E-state index in [0.717, 1.165) is 53.4 Å². The highest BCUT2D eigenvalue weighted by molar-refractivity contribution is 6.08. The number of hydrogen-bond acceptors (Lipinski definition) is 5. The maximum atomic E-state index is 6.05. The maximum Gasteiger partial charge on any atom is 0.152 e. The molecule has 1 aliphatic heterocycles. The van der Waals surface area contributed by atoms with E-state index in [4.69, 9.17) is 10.5 Å². The molecule has 1 unspecified atom stereocenters. The quantitative estimate of drug-likeness (QED) is 0.587. The standard InChI is InChI=1S/C18H18N6O/c19-18-17-13(10-20-23-17)12-5-4-11(9-14(12)22-18)15-6-7-21-24(15)16-3-1-2-8-25-16/h4-7,9-10,16H,1-3,8H2,(H2,19,22)(H,20,23). The summed E-state index contributed by atoms with van der Waals surface area (Å²) in [6, 6.07) is 8.21. The van der Waals surface area contributed by atoms with Gasteiger partial charge in [-0.2, -0.15) is 10.2 Å². The molecule has 25 heavy (non-hydrogen) atoms. The molecular formula is C18H18N6O. The van der Waals surface area contributed by atoms with Crippen LogP contribution < -0.4 is 5.73 Å². The van der Waals surface area contributed by atoms with Crippen molar-refractivity contribution < 1.29 is 4.74 Å². The van der Waals surface area contributed by atoms with Gasteiger partial charge in [0.1, 0.15) is 5.52 Å². The lowest BCUT2D eigenvalue weighted by Gasteiger charge is -2.24. The summed E-state index contributed by atoms with van der Waals surface area (Å²) >= 11 is 0. The van der Waals surface area contributed by atoms with Crippen molar-refractivity contribution >= 4 is 27.6 Å². The second-order valence-corrected chi connectivity index (χ2v) is 6.36. The molecule has 7 heteroatoms. The van der Waals surface area contributed by atoms with Crippen molar-refractivity contribution in [3.05, 3.63) is 36.7 Å². The number of benzene rings is 1. The van der Waals surface area contributed by atoms with Crippen molar-refractivity contribution in [1.29, 1.82) is 0 Å². The molecule has 0 aliphatic carbocycles. The van der Waals surface area contributed by atoms with Crippen molar-refractivity contribution in [2.45, 2.75) is 25.5 Å². The minimum atomic E-state index is 0.00355. The van der Waals surface area contributed by atoms with E-state index in [1.165, 1.54) is 0 Å². The zero-order valence-corrected chi connectivity index (χ0v) is 13.6. The average Bonchev–Trinajstić information content (AvgIpc) is 3.32. The number of aromatic amines is 1. The van der Waals surface area contributed by atoms with Crippen LogP contribution in [-0.4, -0.2) is 31.6 Å². The molecule has 0 radical (unpaired) electrons. The first kappa shape index (κ1) is 14.4. The Morgan fingerprint density at radius 1 is 1.20 bits per heavy atom. The highest BCUT2D eigenvalue weighted by Gasteiger charge is 2.20. The van der Waals surface area contributed by atoms with Crippen LogP contribution in [0.15, 0.2) is 36.7 Å². The molecule has 5 rings (SSSR count). The molecule has 1 saturated heterocycles. The average molecular weight is 334 g/mol. The molecule has 4 aromatic rings. The molecule has 0 bridgehead atoms. The van der Waals surface area contributed by atoms with E-state index in [1.54, 1.807) is 0 Å². The fraction of sp³-hybridized carbons (Fsp3) is 0.278. The third-order valence-electron chi connectivity index (χ3n) is 4.81. The Kier molecular flexibility index (Phi) is 3.21. The topological polar surface area (TPSA) is 94.6 Å². The molecule has 4 heterocycles.